The summed E-state index contributed by atoms with van der Waals surface area (Å²) in [6.45, 7) is 2.42. The molecule has 4 rings (SSSR count). The summed E-state index contributed by atoms with van der Waals surface area (Å²) >= 11 is 0. The van der Waals surface area contributed by atoms with Gasteiger partial charge in [0.15, 0.2) is 11.5 Å². The van der Waals surface area contributed by atoms with E-state index in [-0.39, 0.29) is 17.4 Å². The molecule has 2 aromatic carbocycles. The molecule has 1 atom stereocenters. The molecule has 0 bridgehead atoms. The Bertz CT molecular complexity index is 1070. The third kappa shape index (κ3) is 4.15. The van der Waals surface area contributed by atoms with Crippen LogP contribution in [-0.2, 0) is 9.59 Å². The van der Waals surface area contributed by atoms with Crippen LogP contribution in [0.1, 0.15) is 49.8 Å². The van der Waals surface area contributed by atoms with Crippen molar-refractivity contribution >= 4 is 17.4 Å². The van der Waals surface area contributed by atoms with Crippen LogP contribution < -0.4 is 14.2 Å². The first-order chi connectivity index (χ1) is 16.0. The summed E-state index contributed by atoms with van der Waals surface area (Å²) < 4.78 is 16.3. The van der Waals surface area contributed by atoms with Crippen molar-refractivity contribution < 1.29 is 28.9 Å². The summed E-state index contributed by atoms with van der Waals surface area (Å²) in [6, 6.07) is 11.4. The summed E-state index contributed by atoms with van der Waals surface area (Å²) in [5, 5.41) is 11.2. The molecule has 1 N–H and O–H groups in total. The number of benzene rings is 2. The Labute approximate surface area is 193 Å². The Morgan fingerprint density at radius 3 is 2.27 bits per heavy atom. The molecule has 1 amide bonds. The summed E-state index contributed by atoms with van der Waals surface area (Å²) in [5.74, 6) is 0.259. The lowest BCUT2D eigenvalue weighted by Gasteiger charge is -2.31. The minimum absolute atomic E-state index is 0.0508. The number of methoxy groups -OCH3 is 2. The van der Waals surface area contributed by atoms with Crippen molar-refractivity contribution in [3.8, 4) is 17.2 Å². The second kappa shape index (κ2) is 9.57. The van der Waals surface area contributed by atoms with Crippen LogP contribution in [0.25, 0.3) is 5.76 Å². The monoisotopic (exact) mass is 451 g/mol. The number of aliphatic hydroxyl groups excluding tert-OH is 1. The highest BCUT2D eigenvalue weighted by atomic mass is 16.5. The first-order valence-corrected chi connectivity index (χ1v) is 11.2. The zero-order valence-electron chi connectivity index (χ0n) is 19.2. The molecule has 1 heterocycles. The predicted octanol–water partition coefficient (Wildman–Crippen LogP) is 4.47. The number of likely N-dealkylation sites (tertiary alicyclic amines) is 1. The molecular formula is C26H29NO6. The summed E-state index contributed by atoms with van der Waals surface area (Å²) in [6.07, 6.45) is 3.68. The molecule has 7 nitrogen and oxygen atoms in total. The third-order valence-electron chi connectivity index (χ3n) is 6.36. The number of ketones is 1. The van der Waals surface area contributed by atoms with Gasteiger partial charge in [-0.2, -0.15) is 0 Å². The van der Waals surface area contributed by atoms with Crippen LogP contribution in [0.4, 0.5) is 0 Å². The van der Waals surface area contributed by atoms with Crippen LogP contribution in [0, 0.1) is 0 Å². The number of ether oxygens (including phenoxy) is 3. The lowest BCUT2D eigenvalue weighted by Crippen LogP contribution is -2.37. The molecule has 2 aromatic rings. The summed E-state index contributed by atoms with van der Waals surface area (Å²) in [4.78, 5) is 28.1. The van der Waals surface area contributed by atoms with E-state index < -0.39 is 17.7 Å². The van der Waals surface area contributed by atoms with Gasteiger partial charge in [0, 0.05) is 11.6 Å². The van der Waals surface area contributed by atoms with Crippen LogP contribution in [0.5, 0.6) is 17.2 Å². The van der Waals surface area contributed by atoms with Gasteiger partial charge in [-0.3, -0.25) is 9.59 Å². The Balaban J connectivity index is 1.85. The van der Waals surface area contributed by atoms with Gasteiger partial charge < -0.3 is 24.2 Å². The van der Waals surface area contributed by atoms with E-state index in [2.05, 4.69) is 0 Å². The largest absolute Gasteiger partial charge is 0.507 e. The highest BCUT2D eigenvalue weighted by Crippen LogP contribution is 2.45. The normalized spacial score (nSPS) is 20.3. The fourth-order valence-electron chi connectivity index (χ4n) is 4.79. The minimum atomic E-state index is -0.709. The van der Waals surface area contributed by atoms with Crippen LogP contribution in [0.2, 0.25) is 0 Å². The van der Waals surface area contributed by atoms with Gasteiger partial charge in [0.05, 0.1) is 32.4 Å². The molecule has 0 radical (unpaired) electrons. The van der Waals surface area contributed by atoms with Gasteiger partial charge in [0.2, 0.25) is 0 Å². The van der Waals surface area contributed by atoms with E-state index in [9.17, 15) is 14.7 Å². The van der Waals surface area contributed by atoms with Crippen molar-refractivity contribution in [2.45, 2.75) is 44.7 Å². The van der Waals surface area contributed by atoms with E-state index in [4.69, 9.17) is 14.2 Å². The number of amides is 1. The maximum atomic E-state index is 13.2. The molecule has 0 aromatic heterocycles. The summed E-state index contributed by atoms with van der Waals surface area (Å²) in [7, 11) is 3.09. The molecular weight excluding hydrogens is 422 g/mol. The molecule has 0 spiro atoms. The first kappa shape index (κ1) is 22.7. The van der Waals surface area contributed by atoms with Gasteiger partial charge in [-0.15, -0.1) is 0 Å². The number of Topliss-reactive ketones (excluding diaryl/α,β-unsaturated/α-hetero) is 1. The van der Waals surface area contributed by atoms with E-state index in [1.165, 1.54) is 7.11 Å². The number of hydrogen-bond acceptors (Lipinski definition) is 6. The van der Waals surface area contributed by atoms with Crippen LogP contribution in [0.15, 0.2) is 48.0 Å². The lowest BCUT2D eigenvalue weighted by molar-refractivity contribution is -0.141. The Hall–Kier alpha value is -3.48. The molecule has 2 fully saturated rings. The predicted molar refractivity (Wildman–Crippen MR) is 124 cm³/mol. The van der Waals surface area contributed by atoms with Crippen LogP contribution >= 0.6 is 0 Å². The van der Waals surface area contributed by atoms with E-state index in [0.29, 0.717) is 35.0 Å². The van der Waals surface area contributed by atoms with Gasteiger partial charge >= 0.3 is 0 Å². The smallest absolute Gasteiger partial charge is 0.295 e. The second-order valence-corrected chi connectivity index (χ2v) is 8.22. The maximum Gasteiger partial charge on any atom is 0.295 e. The van der Waals surface area contributed by atoms with Crippen molar-refractivity contribution in [1.82, 2.24) is 4.90 Å². The third-order valence-corrected chi connectivity index (χ3v) is 6.36. The highest BCUT2D eigenvalue weighted by Gasteiger charge is 2.49. The number of aliphatic hydroxyl groups is 1. The molecule has 1 aliphatic carbocycles. The number of carbonyl (C=O) groups is 2. The molecule has 1 saturated carbocycles. The number of hydrogen-bond donors (Lipinski definition) is 1. The van der Waals surface area contributed by atoms with E-state index in [1.807, 2.05) is 13.0 Å². The summed E-state index contributed by atoms with van der Waals surface area (Å²) in [5.41, 5.74) is 1.22. The number of nitrogens with zero attached hydrogens (tertiary/aromatic N) is 1. The SMILES string of the molecule is CCOc1ccc(/C(O)=C2/C(=O)C(=O)N(C3CCCC3)C2c2ccc(OC)c(OC)c2)cc1. The van der Waals surface area contributed by atoms with Crippen molar-refractivity contribution in [1.29, 1.82) is 0 Å². The average Bonchev–Trinajstić information content (AvgIpc) is 3.45. The highest BCUT2D eigenvalue weighted by molar-refractivity contribution is 6.46. The molecule has 2 aliphatic rings. The topological polar surface area (TPSA) is 85.3 Å². The van der Waals surface area contributed by atoms with Crippen LogP contribution in [0.3, 0.4) is 0 Å². The quantitative estimate of drug-likeness (QED) is 0.380. The second-order valence-electron chi connectivity index (χ2n) is 8.22. The molecule has 1 aliphatic heterocycles. The fourth-order valence-corrected chi connectivity index (χ4v) is 4.79. The van der Waals surface area contributed by atoms with E-state index in [0.717, 1.165) is 25.7 Å². The van der Waals surface area contributed by atoms with E-state index in [1.54, 1.807) is 48.4 Å². The Kier molecular flexibility index (Phi) is 6.58. The standard InChI is InChI=1S/C26H29NO6/c1-4-33-19-12-9-16(10-13-19)24(28)22-23(17-11-14-20(31-2)21(15-17)32-3)27(26(30)25(22)29)18-7-5-6-8-18/h9-15,18,23,28H,4-8H2,1-3H3/b24-22-. The fraction of sp³-hybridized carbons (Fsp3) is 0.385. The first-order valence-electron chi connectivity index (χ1n) is 11.2. The molecule has 1 saturated heterocycles. The zero-order valence-corrected chi connectivity index (χ0v) is 19.2. The van der Waals surface area contributed by atoms with Gasteiger partial charge in [-0.05, 0) is 61.7 Å². The molecule has 1 unspecified atom stereocenters. The zero-order chi connectivity index (χ0) is 23.5. The van der Waals surface area contributed by atoms with Gasteiger partial charge in [-0.25, -0.2) is 0 Å². The van der Waals surface area contributed by atoms with Crippen molar-refractivity contribution in [3.05, 3.63) is 59.2 Å². The number of rotatable bonds is 7. The van der Waals surface area contributed by atoms with Gasteiger partial charge in [-0.1, -0.05) is 18.9 Å². The Morgan fingerprint density at radius 1 is 1.00 bits per heavy atom. The average molecular weight is 452 g/mol. The molecule has 33 heavy (non-hydrogen) atoms. The van der Waals surface area contributed by atoms with Gasteiger partial charge in [0.25, 0.3) is 11.7 Å². The molecule has 7 heteroatoms. The number of carbonyl (C=O) groups excluding carboxylic acids is 2. The minimum Gasteiger partial charge on any atom is -0.507 e. The van der Waals surface area contributed by atoms with E-state index >= 15 is 0 Å². The van der Waals surface area contributed by atoms with Crippen molar-refractivity contribution in [3.63, 3.8) is 0 Å². The van der Waals surface area contributed by atoms with Gasteiger partial charge in [0.1, 0.15) is 11.5 Å². The van der Waals surface area contributed by atoms with Crippen LogP contribution in [-0.4, -0.2) is 48.6 Å². The van der Waals surface area contributed by atoms with Crippen molar-refractivity contribution in [2.75, 3.05) is 20.8 Å². The lowest BCUT2D eigenvalue weighted by atomic mass is 9.94. The molecule has 174 valence electrons. The maximum absolute atomic E-state index is 13.2. The van der Waals surface area contributed by atoms with Crippen molar-refractivity contribution in [2.24, 2.45) is 0 Å². The Morgan fingerprint density at radius 2 is 1.67 bits per heavy atom.